The van der Waals surface area contributed by atoms with Crippen molar-refractivity contribution in [3.8, 4) is 0 Å². The zero-order chi connectivity index (χ0) is 12.0. The topological polar surface area (TPSA) is 0 Å². The van der Waals surface area contributed by atoms with Crippen molar-refractivity contribution in [2.24, 2.45) is 0 Å². The molecule has 0 spiro atoms. The molecule has 0 radical (unpaired) electrons. The third-order valence-electron chi connectivity index (χ3n) is 3.65. The lowest BCUT2D eigenvalue weighted by Crippen LogP contribution is -1.87. The van der Waals surface area contributed by atoms with Crippen LogP contribution in [0.2, 0.25) is 0 Å². The third kappa shape index (κ3) is 1.44. The molecule has 0 unspecified atom stereocenters. The van der Waals surface area contributed by atoms with Crippen molar-refractivity contribution in [3.05, 3.63) is 59.2 Å². The molecule has 0 heterocycles. The van der Waals surface area contributed by atoms with Gasteiger partial charge in [0, 0.05) is 0 Å². The van der Waals surface area contributed by atoms with Crippen molar-refractivity contribution in [3.63, 3.8) is 0 Å². The minimum absolute atomic E-state index is 1.36. The molecule has 0 aliphatic rings. The minimum atomic E-state index is 1.36. The Hall–Kier alpha value is -1.82. The second kappa shape index (κ2) is 3.59. The number of hydrogen-bond acceptors (Lipinski definition) is 0. The molecule has 0 N–H and O–H groups in total. The van der Waals surface area contributed by atoms with Gasteiger partial charge in [0.25, 0.3) is 0 Å². The zero-order valence-corrected chi connectivity index (χ0v) is 10.5. The molecule has 0 heteroatoms. The molecular formula is C17H16. The van der Waals surface area contributed by atoms with Gasteiger partial charge in [-0.2, -0.15) is 0 Å². The van der Waals surface area contributed by atoms with Crippen molar-refractivity contribution in [2.45, 2.75) is 20.8 Å². The van der Waals surface area contributed by atoms with Crippen molar-refractivity contribution in [2.75, 3.05) is 0 Å². The fourth-order valence-electron chi connectivity index (χ4n) is 2.74. The average molecular weight is 220 g/mol. The lowest BCUT2D eigenvalue weighted by molar-refractivity contribution is 1.48. The standard InChI is InChI=1S/C17H16/c1-11-6-4-9-15-16(11)10-13(3)14-8-5-7-12(2)17(14)15/h4-10H,1-3H3. The van der Waals surface area contributed by atoms with Gasteiger partial charge in [-0.1, -0.05) is 42.5 Å². The van der Waals surface area contributed by atoms with Gasteiger partial charge in [0.15, 0.2) is 0 Å². The van der Waals surface area contributed by atoms with Crippen molar-refractivity contribution >= 4 is 21.5 Å². The maximum Gasteiger partial charge on any atom is -0.00734 e. The first-order valence-electron chi connectivity index (χ1n) is 6.07. The summed E-state index contributed by atoms with van der Waals surface area (Å²) in [6, 6.07) is 15.4. The quantitative estimate of drug-likeness (QED) is 0.472. The van der Waals surface area contributed by atoms with Crippen LogP contribution in [-0.2, 0) is 0 Å². The highest BCUT2D eigenvalue weighted by molar-refractivity contribution is 6.11. The summed E-state index contributed by atoms with van der Waals surface area (Å²) in [5, 5.41) is 5.55. The van der Waals surface area contributed by atoms with E-state index in [-0.39, 0.29) is 0 Å². The van der Waals surface area contributed by atoms with Gasteiger partial charge in [-0.25, -0.2) is 0 Å². The normalized spacial score (nSPS) is 11.2. The fourth-order valence-corrected chi connectivity index (χ4v) is 2.74. The van der Waals surface area contributed by atoms with Crippen LogP contribution in [0.5, 0.6) is 0 Å². The summed E-state index contributed by atoms with van der Waals surface area (Å²) in [7, 11) is 0. The van der Waals surface area contributed by atoms with Crippen molar-refractivity contribution in [1.29, 1.82) is 0 Å². The maximum atomic E-state index is 2.31. The van der Waals surface area contributed by atoms with E-state index < -0.39 is 0 Å². The molecule has 3 rings (SSSR count). The van der Waals surface area contributed by atoms with E-state index in [0.717, 1.165) is 0 Å². The Bertz CT molecular complexity index is 721. The molecule has 84 valence electrons. The second-order valence-corrected chi connectivity index (χ2v) is 4.86. The van der Waals surface area contributed by atoms with E-state index in [2.05, 4.69) is 63.2 Å². The van der Waals surface area contributed by atoms with Gasteiger partial charge in [-0.05, 0) is 59.0 Å². The van der Waals surface area contributed by atoms with Crippen LogP contribution in [0.1, 0.15) is 16.7 Å². The first kappa shape index (κ1) is 10.3. The van der Waals surface area contributed by atoms with Crippen LogP contribution in [0.3, 0.4) is 0 Å². The van der Waals surface area contributed by atoms with E-state index in [9.17, 15) is 0 Å². The molecule has 3 aromatic carbocycles. The van der Waals surface area contributed by atoms with Gasteiger partial charge in [0.1, 0.15) is 0 Å². The highest BCUT2D eigenvalue weighted by Gasteiger charge is 2.06. The zero-order valence-electron chi connectivity index (χ0n) is 10.5. The molecular weight excluding hydrogens is 204 g/mol. The van der Waals surface area contributed by atoms with E-state index in [1.54, 1.807) is 0 Å². The van der Waals surface area contributed by atoms with Crippen LogP contribution in [0.4, 0.5) is 0 Å². The largest absolute Gasteiger partial charge is 0.0614 e. The highest BCUT2D eigenvalue weighted by atomic mass is 14.1. The van der Waals surface area contributed by atoms with Gasteiger partial charge in [0.2, 0.25) is 0 Å². The molecule has 0 atom stereocenters. The number of aryl methyl sites for hydroxylation is 3. The monoisotopic (exact) mass is 220 g/mol. The second-order valence-electron chi connectivity index (χ2n) is 4.86. The number of rotatable bonds is 0. The molecule has 0 aromatic heterocycles. The van der Waals surface area contributed by atoms with Crippen LogP contribution in [0.25, 0.3) is 21.5 Å². The van der Waals surface area contributed by atoms with E-state index in [1.165, 1.54) is 38.2 Å². The summed E-state index contributed by atoms with van der Waals surface area (Å²) < 4.78 is 0. The summed E-state index contributed by atoms with van der Waals surface area (Å²) in [4.78, 5) is 0. The van der Waals surface area contributed by atoms with E-state index in [1.807, 2.05) is 0 Å². The predicted molar refractivity (Wildman–Crippen MR) is 75.7 cm³/mol. The van der Waals surface area contributed by atoms with E-state index in [0.29, 0.717) is 0 Å². The van der Waals surface area contributed by atoms with Gasteiger partial charge >= 0.3 is 0 Å². The van der Waals surface area contributed by atoms with Crippen LogP contribution >= 0.6 is 0 Å². The molecule has 0 aliphatic carbocycles. The van der Waals surface area contributed by atoms with Gasteiger partial charge in [-0.3, -0.25) is 0 Å². The number of hydrogen-bond donors (Lipinski definition) is 0. The number of fused-ring (bicyclic) bond motifs is 3. The Morgan fingerprint density at radius 3 is 2.00 bits per heavy atom. The van der Waals surface area contributed by atoms with Crippen LogP contribution in [0, 0.1) is 20.8 Å². The predicted octanol–water partition coefficient (Wildman–Crippen LogP) is 4.92. The molecule has 0 bridgehead atoms. The summed E-state index contributed by atoms with van der Waals surface area (Å²) in [5.74, 6) is 0. The van der Waals surface area contributed by atoms with Crippen molar-refractivity contribution in [1.82, 2.24) is 0 Å². The Morgan fingerprint density at radius 2 is 1.24 bits per heavy atom. The van der Waals surface area contributed by atoms with E-state index in [4.69, 9.17) is 0 Å². The van der Waals surface area contributed by atoms with E-state index >= 15 is 0 Å². The summed E-state index contributed by atoms with van der Waals surface area (Å²) in [6.07, 6.45) is 0. The molecule has 17 heavy (non-hydrogen) atoms. The Morgan fingerprint density at radius 1 is 0.588 bits per heavy atom. The first-order valence-corrected chi connectivity index (χ1v) is 6.07. The lowest BCUT2D eigenvalue weighted by Gasteiger charge is -2.11. The molecule has 0 saturated carbocycles. The maximum absolute atomic E-state index is 2.31. The third-order valence-corrected chi connectivity index (χ3v) is 3.65. The SMILES string of the molecule is Cc1cccc2c1cc(C)c1cccc(C)c12. The van der Waals surface area contributed by atoms with Crippen molar-refractivity contribution < 1.29 is 0 Å². The Balaban J connectivity index is 2.68. The average Bonchev–Trinajstić information content (AvgIpc) is 2.31. The first-order chi connectivity index (χ1) is 8.18. The van der Waals surface area contributed by atoms with Crippen LogP contribution < -0.4 is 0 Å². The molecule has 3 aromatic rings. The Kier molecular flexibility index (Phi) is 2.19. The lowest BCUT2D eigenvalue weighted by atomic mass is 9.93. The molecule has 0 nitrogen and oxygen atoms in total. The molecule has 0 fully saturated rings. The molecule has 0 aliphatic heterocycles. The highest BCUT2D eigenvalue weighted by Crippen LogP contribution is 2.32. The fraction of sp³-hybridized carbons (Fsp3) is 0.176. The summed E-state index contributed by atoms with van der Waals surface area (Å²) in [5.41, 5.74) is 4.09. The van der Waals surface area contributed by atoms with Crippen LogP contribution in [0.15, 0.2) is 42.5 Å². The summed E-state index contributed by atoms with van der Waals surface area (Å²) in [6.45, 7) is 6.59. The minimum Gasteiger partial charge on any atom is -0.0614 e. The number of benzene rings is 3. The summed E-state index contributed by atoms with van der Waals surface area (Å²) >= 11 is 0. The molecule has 0 saturated heterocycles. The van der Waals surface area contributed by atoms with Crippen LogP contribution in [-0.4, -0.2) is 0 Å². The smallest absolute Gasteiger partial charge is 0.00734 e. The Labute approximate surface area is 102 Å². The van der Waals surface area contributed by atoms with Gasteiger partial charge in [-0.15, -0.1) is 0 Å². The van der Waals surface area contributed by atoms with Gasteiger partial charge < -0.3 is 0 Å². The van der Waals surface area contributed by atoms with Gasteiger partial charge in [0.05, 0.1) is 0 Å². The molecule has 0 amide bonds.